The third-order valence-electron chi connectivity index (χ3n) is 10.6. The molecule has 9 rings (SSSR count). The number of aryl methyl sites for hydroxylation is 3. The van der Waals surface area contributed by atoms with E-state index in [4.69, 9.17) is 8.83 Å². The summed E-state index contributed by atoms with van der Waals surface area (Å²) in [6, 6.07) is 29.6. The fourth-order valence-corrected chi connectivity index (χ4v) is 7.78. The molecule has 8 aromatic rings. The van der Waals surface area contributed by atoms with Crippen molar-refractivity contribution in [3.05, 3.63) is 113 Å². The molecule has 232 valence electrons. The topological polar surface area (TPSA) is 42.1 Å². The van der Waals surface area contributed by atoms with Crippen molar-refractivity contribution in [3.63, 3.8) is 0 Å². The maximum atomic E-state index is 6.62. The second-order valence-electron chi connectivity index (χ2n) is 13.4. The van der Waals surface area contributed by atoms with E-state index in [1.807, 2.05) is 0 Å². The number of hydrogen-bond acceptors (Lipinski definition) is 2. The molecule has 0 bridgehead atoms. The maximum absolute atomic E-state index is 6.62. The summed E-state index contributed by atoms with van der Waals surface area (Å²) in [5.41, 5.74) is 15.2. The van der Waals surface area contributed by atoms with Gasteiger partial charge in [0.2, 0.25) is 0 Å². The molecule has 1 atom stereocenters. The Morgan fingerprint density at radius 1 is 0.596 bits per heavy atom. The summed E-state index contributed by atoms with van der Waals surface area (Å²) in [5, 5.41) is 6.11. The Morgan fingerprint density at radius 2 is 1.21 bits per heavy atom. The van der Waals surface area contributed by atoms with Crippen LogP contribution >= 0.6 is 0 Å². The van der Waals surface area contributed by atoms with E-state index in [0.29, 0.717) is 5.92 Å². The lowest BCUT2D eigenvalue weighted by Crippen LogP contribution is -2.04. The number of hydrogen-bond donors (Lipinski definition) is 1. The van der Waals surface area contributed by atoms with Gasteiger partial charge in [0.1, 0.15) is 22.5 Å². The second-order valence-corrected chi connectivity index (χ2v) is 13.4. The maximum Gasteiger partial charge on any atom is 0.143 e. The SMILES string of the molecule is CCc1cc(-c2ccc3[nH]c4ccc(-c5cc(CC)cc6c5oc5ccc(CC)cc56)cc4c3c2)c2oc3c(c2c1)CC(CC)C=C3. The van der Waals surface area contributed by atoms with Gasteiger partial charge in [-0.1, -0.05) is 52.0 Å². The van der Waals surface area contributed by atoms with E-state index in [1.54, 1.807) is 0 Å². The monoisotopic (exact) mass is 613 g/mol. The third-order valence-corrected chi connectivity index (χ3v) is 10.6. The highest BCUT2D eigenvalue weighted by atomic mass is 16.3. The molecule has 1 aliphatic carbocycles. The zero-order chi connectivity index (χ0) is 31.8. The molecule has 47 heavy (non-hydrogen) atoms. The largest absolute Gasteiger partial charge is 0.456 e. The molecule has 1 N–H and O–H groups in total. The fourth-order valence-electron chi connectivity index (χ4n) is 7.78. The molecule has 3 aromatic heterocycles. The van der Waals surface area contributed by atoms with Crippen molar-refractivity contribution < 1.29 is 8.83 Å². The Labute approximate surface area is 274 Å². The first-order chi connectivity index (χ1) is 23.0. The van der Waals surface area contributed by atoms with Crippen molar-refractivity contribution in [2.45, 2.75) is 59.8 Å². The number of H-pyrrole nitrogens is 1. The molecule has 0 amide bonds. The van der Waals surface area contributed by atoms with Crippen LogP contribution in [0.3, 0.4) is 0 Å². The van der Waals surface area contributed by atoms with Gasteiger partial charge in [0, 0.05) is 54.7 Å². The van der Waals surface area contributed by atoms with E-state index in [-0.39, 0.29) is 0 Å². The first kappa shape index (κ1) is 28.2. The molecular weight excluding hydrogens is 574 g/mol. The molecule has 1 aliphatic rings. The van der Waals surface area contributed by atoms with Gasteiger partial charge in [-0.2, -0.15) is 0 Å². The standard InChI is InChI=1S/C44H39NO2/c1-5-25-9-15-41-35(17-25)37-21-27(7-3)19-31(43(37)46-41)29-11-13-39-33(23-29)34-24-30(12-14-40(34)45-39)32-20-28(8-4)22-38-36-18-26(6-2)10-16-42(36)47-44(32)38/h9-17,19-24,26,45H,5-8,18H2,1-4H3. The van der Waals surface area contributed by atoms with Gasteiger partial charge in [0.15, 0.2) is 0 Å². The number of aromatic nitrogens is 1. The van der Waals surface area contributed by atoms with Crippen LogP contribution in [0.5, 0.6) is 0 Å². The number of aromatic amines is 1. The highest BCUT2D eigenvalue weighted by Crippen LogP contribution is 2.42. The summed E-state index contributed by atoms with van der Waals surface area (Å²) in [7, 11) is 0. The van der Waals surface area contributed by atoms with Gasteiger partial charge in [-0.05, 0) is 133 Å². The first-order valence-electron chi connectivity index (χ1n) is 17.4. The number of furan rings is 2. The van der Waals surface area contributed by atoms with Gasteiger partial charge < -0.3 is 13.8 Å². The third kappa shape index (κ3) is 4.40. The Hall–Kier alpha value is -5.02. The predicted molar refractivity (Wildman–Crippen MR) is 198 cm³/mol. The molecule has 1 unspecified atom stereocenters. The molecule has 5 aromatic carbocycles. The van der Waals surface area contributed by atoms with Gasteiger partial charge in [-0.15, -0.1) is 0 Å². The highest BCUT2D eigenvalue weighted by Gasteiger charge is 2.23. The lowest BCUT2D eigenvalue weighted by molar-refractivity contribution is 0.567. The van der Waals surface area contributed by atoms with E-state index in [2.05, 4.69) is 124 Å². The van der Waals surface area contributed by atoms with Crippen LogP contribution in [-0.2, 0) is 25.7 Å². The van der Waals surface area contributed by atoms with Gasteiger partial charge in [0.25, 0.3) is 0 Å². The van der Waals surface area contributed by atoms with Crippen molar-refractivity contribution in [1.29, 1.82) is 0 Å². The molecule has 3 heterocycles. The van der Waals surface area contributed by atoms with Crippen LogP contribution in [0.15, 0.2) is 93.8 Å². The predicted octanol–water partition coefficient (Wildman–Crippen LogP) is 12.6. The first-order valence-corrected chi connectivity index (χ1v) is 17.4. The zero-order valence-corrected chi connectivity index (χ0v) is 27.6. The molecule has 0 radical (unpaired) electrons. The Kier molecular flexibility index (Phi) is 6.47. The van der Waals surface area contributed by atoms with Crippen molar-refractivity contribution in [1.82, 2.24) is 4.98 Å². The van der Waals surface area contributed by atoms with Crippen LogP contribution in [0.4, 0.5) is 0 Å². The molecule has 0 spiro atoms. The fraction of sp³-hybridized carbons (Fsp3) is 0.227. The van der Waals surface area contributed by atoms with Crippen LogP contribution in [0.1, 0.15) is 62.1 Å². The van der Waals surface area contributed by atoms with Crippen LogP contribution in [-0.4, -0.2) is 4.98 Å². The number of allylic oxidation sites excluding steroid dienone is 1. The quantitative estimate of drug-likeness (QED) is 0.203. The molecule has 3 heteroatoms. The summed E-state index contributed by atoms with van der Waals surface area (Å²) >= 11 is 0. The lowest BCUT2D eigenvalue weighted by atomic mass is 9.89. The molecule has 0 saturated heterocycles. The van der Waals surface area contributed by atoms with E-state index in [0.717, 1.165) is 71.2 Å². The Balaban J connectivity index is 1.23. The van der Waals surface area contributed by atoms with Crippen molar-refractivity contribution in [2.75, 3.05) is 0 Å². The number of benzene rings is 5. The van der Waals surface area contributed by atoms with Gasteiger partial charge in [-0.3, -0.25) is 0 Å². The molecule has 0 fully saturated rings. The molecule has 0 aliphatic heterocycles. The van der Waals surface area contributed by atoms with E-state index in [1.165, 1.54) is 65.9 Å². The summed E-state index contributed by atoms with van der Waals surface area (Å²) in [4.78, 5) is 3.68. The van der Waals surface area contributed by atoms with E-state index in [9.17, 15) is 0 Å². The van der Waals surface area contributed by atoms with Crippen LogP contribution in [0, 0.1) is 5.92 Å². The van der Waals surface area contributed by atoms with Crippen LogP contribution in [0.2, 0.25) is 0 Å². The minimum Gasteiger partial charge on any atom is -0.456 e. The Morgan fingerprint density at radius 3 is 1.85 bits per heavy atom. The summed E-state index contributed by atoms with van der Waals surface area (Å²) in [5.74, 6) is 1.59. The number of rotatable bonds is 6. The normalized spacial score (nSPS) is 14.8. The second kappa shape index (κ2) is 10.8. The summed E-state index contributed by atoms with van der Waals surface area (Å²) < 4.78 is 13.2. The average Bonchev–Trinajstić information content (AvgIpc) is 3.80. The smallest absolute Gasteiger partial charge is 0.143 e. The van der Waals surface area contributed by atoms with Crippen molar-refractivity contribution in [2.24, 2.45) is 5.92 Å². The lowest BCUT2D eigenvalue weighted by Gasteiger charge is -2.14. The van der Waals surface area contributed by atoms with Crippen molar-refractivity contribution >= 4 is 60.8 Å². The number of nitrogens with one attached hydrogen (secondary N) is 1. The average molecular weight is 614 g/mol. The highest BCUT2D eigenvalue weighted by molar-refractivity contribution is 6.13. The minimum absolute atomic E-state index is 0.571. The van der Waals surface area contributed by atoms with Gasteiger partial charge in [0.05, 0.1) is 0 Å². The molecular formula is C44H39NO2. The minimum atomic E-state index is 0.571. The molecule has 3 nitrogen and oxygen atoms in total. The van der Waals surface area contributed by atoms with Crippen molar-refractivity contribution in [3.8, 4) is 22.3 Å². The summed E-state index contributed by atoms with van der Waals surface area (Å²) in [6.07, 6.45) is 9.67. The van der Waals surface area contributed by atoms with Gasteiger partial charge >= 0.3 is 0 Å². The zero-order valence-electron chi connectivity index (χ0n) is 27.6. The summed E-state index contributed by atoms with van der Waals surface area (Å²) in [6.45, 7) is 8.95. The van der Waals surface area contributed by atoms with Crippen LogP contribution < -0.4 is 0 Å². The number of fused-ring (bicyclic) bond motifs is 9. The molecule has 0 saturated carbocycles. The van der Waals surface area contributed by atoms with E-state index >= 15 is 0 Å². The Bertz CT molecular complexity index is 2550. The van der Waals surface area contributed by atoms with Crippen LogP contribution in [0.25, 0.3) is 83.0 Å². The van der Waals surface area contributed by atoms with Gasteiger partial charge in [-0.25, -0.2) is 0 Å². The van der Waals surface area contributed by atoms with E-state index < -0.39 is 0 Å².